The quantitative estimate of drug-likeness (QED) is 0.307. The maximum atomic E-state index is 12.5. The Morgan fingerprint density at radius 3 is 2.58 bits per heavy atom. The van der Waals surface area contributed by atoms with Crippen molar-refractivity contribution < 1.29 is 24.0 Å². The number of imide groups is 1. The number of methoxy groups -OCH3 is 1. The molecule has 0 bridgehead atoms. The number of rotatable bonds is 10. The van der Waals surface area contributed by atoms with Gasteiger partial charge in [0.25, 0.3) is 16.8 Å². The molecule has 172 valence electrons. The lowest BCUT2D eigenvalue weighted by molar-refractivity contribution is -0.384. The lowest BCUT2D eigenvalue weighted by Gasteiger charge is -2.13. The van der Waals surface area contributed by atoms with Gasteiger partial charge in [0.15, 0.2) is 0 Å². The van der Waals surface area contributed by atoms with Gasteiger partial charge in [0.2, 0.25) is 5.91 Å². The van der Waals surface area contributed by atoms with Gasteiger partial charge in [-0.15, -0.1) is 0 Å². The first-order chi connectivity index (χ1) is 15.9. The van der Waals surface area contributed by atoms with E-state index in [-0.39, 0.29) is 37.6 Å². The molecule has 33 heavy (non-hydrogen) atoms. The van der Waals surface area contributed by atoms with E-state index < -0.39 is 16.1 Å². The van der Waals surface area contributed by atoms with Crippen molar-refractivity contribution in [3.8, 4) is 5.75 Å². The van der Waals surface area contributed by atoms with E-state index in [4.69, 9.17) is 4.74 Å². The lowest BCUT2D eigenvalue weighted by atomic mass is 10.2. The second-order valence-corrected chi connectivity index (χ2v) is 7.90. The first-order valence-electron chi connectivity index (χ1n) is 10.0. The van der Waals surface area contributed by atoms with Crippen molar-refractivity contribution in [2.45, 2.75) is 6.42 Å². The molecule has 0 spiro atoms. The first-order valence-corrected chi connectivity index (χ1v) is 10.8. The van der Waals surface area contributed by atoms with Crippen LogP contribution in [0.1, 0.15) is 12.0 Å². The van der Waals surface area contributed by atoms with Gasteiger partial charge < -0.3 is 15.4 Å². The third kappa shape index (κ3) is 6.32. The summed E-state index contributed by atoms with van der Waals surface area (Å²) in [5.74, 6) is -0.0249. The minimum absolute atomic E-state index is 0.0495. The van der Waals surface area contributed by atoms with E-state index in [9.17, 15) is 24.5 Å². The van der Waals surface area contributed by atoms with Crippen molar-refractivity contribution in [2.24, 2.45) is 0 Å². The first kappa shape index (κ1) is 23.8. The van der Waals surface area contributed by atoms with Crippen LogP contribution < -0.4 is 15.4 Å². The van der Waals surface area contributed by atoms with Gasteiger partial charge >= 0.3 is 0 Å². The maximum Gasteiger partial charge on any atom is 0.293 e. The highest BCUT2D eigenvalue weighted by Crippen LogP contribution is 2.32. The van der Waals surface area contributed by atoms with Gasteiger partial charge in [-0.3, -0.25) is 29.4 Å². The molecule has 0 radical (unpaired) electrons. The second-order valence-electron chi connectivity index (χ2n) is 6.91. The SMILES string of the molecule is COc1ccc(/C=C2/SC(=O)N(CCNC(=O)CCNc3ccccc3[N+](=O)[O-])C2=O)cc1. The number of anilines is 1. The monoisotopic (exact) mass is 470 g/mol. The highest BCUT2D eigenvalue weighted by Gasteiger charge is 2.34. The fraction of sp³-hybridized carbons (Fsp3) is 0.227. The molecule has 1 saturated heterocycles. The molecule has 0 unspecified atom stereocenters. The largest absolute Gasteiger partial charge is 0.497 e. The number of hydrogen-bond acceptors (Lipinski definition) is 8. The number of thioether (sulfide) groups is 1. The summed E-state index contributed by atoms with van der Waals surface area (Å²) in [7, 11) is 1.56. The van der Waals surface area contributed by atoms with Crippen LogP contribution in [0.2, 0.25) is 0 Å². The normalized spacial score (nSPS) is 14.5. The van der Waals surface area contributed by atoms with Crippen LogP contribution in [-0.2, 0) is 9.59 Å². The number of carbonyl (C=O) groups is 3. The molecule has 3 amide bonds. The fourth-order valence-electron chi connectivity index (χ4n) is 3.03. The van der Waals surface area contributed by atoms with Crippen LogP contribution >= 0.6 is 11.8 Å². The van der Waals surface area contributed by atoms with E-state index in [0.717, 1.165) is 22.2 Å². The molecule has 2 aromatic rings. The minimum atomic E-state index is -0.498. The molecule has 2 aromatic carbocycles. The average Bonchev–Trinajstić information content (AvgIpc) is 3.07. The standard InChI is InChI=1S/C22H22N4O6S/c1-32-16-8-6-15(7-9-16)14-19-21(28)25(22(29)33-19)13-12-24-20(27)10-11-23-17-4-2-3-5-18(17)26(30)31/h2-9,14,23H,10-13H2,1H3,(H,24,27)/b19-14+. The summed E-state index contributed by atoms with van der Waals surface area (Å²) in [6, 6.07) is 13.3. The lowest BCUT2D eigenvalue weighted by Crippen LogP contribution is -2.37. The zero-order valence-electron chi connectivity index (χ0n) is 17.8. The number of ether oxygens (including phenoxy) is 1. The number of benzene rings is 2. The summed E-state index contributed by atoms with van der Waals surface area (Å²) in [5, 5.41) is 16.1. The number of para-hydroxylation sites is 2. The zero-order valence-corrected chi connectivity index (χ0v) is 18.6. The van der Waals surface area contributed by atoms with Crippen molar-refractivity contribution in [3.63, 3.8) is 0 Å². The minimum Gasteiger partial charge on any atom is -0.497 e. The Hall–Kier alpha value is -3.86. The number of amides is 3. The molecule has 2 N–H and O–H groups in total. The van der Waals surface area contributed by atoms with E-state index in [1.54, 1.807) is 55.7 Å². The highest BCUT2D eigenvalue weighted by molar-refractivity contribution is 8.18. The number of nitrogens with one attached hydrogen (secondary N) is 2. The summed E-state index contributed by atoms with van der Waals surface area (Å²) < 4.78 is 5.10. The van der Waals surface area contributed by atoms with Crippen LogP contribution in [0.25, 0.3) is 6.08 Å². The van der Waals surface area contributed by atoms with Crippen molar-refractivity contribution in [1.29, 1.82) is 0 Å². The van der Waals surface area contributed by atoms with E-state index in [1.165, 1.54) is 6.07 Å². The fourth-order valence-corrected chi connectivity index (χ4v) is 3.90. The Balaban J connectivity index is 1.44. The highest BCUT2D eigenvalue weighted by atomic mass is 32.2. The molecule has 0 aliphatic carbocycles. The molecule has 11 heteroatoms. The summed E-state index contributed by atoms with van der Waals surface area (Å²) in [4.78, 5) is 48.7. The molecule has 0 atom stereocenters. The Kier molecular flexibility index (Phi) is 8.03. The molecule has 10 nitrogen and oxygen atoms in total. The van der Waals surface area contributed by atoms with Gasteiger partial charge in [0, 0.05) is 32.1 Å². The summed E-state index contributed by atoms with van der Waals surface area (Å²) in [6.45, 7) is 0.356. The van der Waals surface area contributed by atoms with Crippen LogP contribution in [0.15, 0.2) is 53.4 Å². The molecule has 1 aliphatic heterocycles. The Labute approximate surface area is 194 Å². The van der Waals surface area contributed by atoms with Gasteiger partial charge in [-0.2, -0.15) is 0 Å². The van der Waals surface area contributed by atoms with Crippen molar-refractivity contribution >= 4 is 46.3 Å². The maximum absolute atomic E-state index is 12.5. The molecule has 0 aromatic heterocycles. The summed E-state index contributed by atoms with van der Waals surface area (Å²) in [5.41, 5.74) is 1.03. The molecular weight excluding hydrogens is 448 g/mol. The van der Waals surface area contributed by atoms with Crippen LogP contribution in [0.4, 0.5) is 16.2 Å². The predicted molar refractivity (Wildman–Crippen MR) is 125 cm³/mol. The number of nitrogens with zero attached hydrogens (tertiary/aromatic N) is 2. The number of carbonyl (C=O) groups excluding carboxylic acids is 3. The van der Waals surface area contributed by atoms with Crippen LogP contribution in [-0.4, -0.2) is 53.6 Å². The summed E-state index contributed by atoms with van der Waals surface area (Å²) in [6.07, 6.45) is 1.71. The van der Waals surface area contributed by atoms with Crippen molar-refractivity contribution in [2.75, 3.05) is 32.1 Å². The number of hydrogen-bond donors (Lipinski definition) is 2. The van der Waals surface area contributed by atoms with Gasteiger partial charge in [0.1, 0.15) is 11.4 Å². The Morgan fingerprint density at radius 2 is 1.88 bits per heavy atom. The molecule has 3 rings (SSSR count). The van der Waals surface area contributed by atoms with Gasteiger partial charge in [-0.05, 0) is 41.6 Å². The predicted octanol–water partition coefficient (Wildman–Crippen LogP) is 3.26. The number of nitro benzene ring substituents is 1. The second kappa shape index (κ2) is 11.1. The Morgan fingerprint density at radius 1 is 1.15 bits per heavy atom. The third-order valence-corrected chi connectivity index (χ3v) is 5.62. The summed E-state index contributed by atoms with van der Waals surface area (Å²) >= 11 is 0.850. The van der Waals surface area contributed by atoms with Crippen LogP contribution in [0, 0.1) is 10.1 Å². The number of nitro groups is 1. The topological polar surface area (TPSA) is 131 Å². The molecule has 0 saturated carbocycles. The van der Waals surface area contributed by atoms with E-state index in [0.29, 0.717) is 16.3 Å². The smallest absolute Gasteiger partial charge is 0.293 e. The van der Waals surface area contributed by atoms with Crippen molar-refractivity contribution in [1.82, 2.24) is 10.2 Å². The van der Waals surface area contributed by atoms with E-state index >= 15 is 0 Å². The molecule has 1 fully saturated rings. The third-order valence-electron chi connectivity index (χ3n) is 4.71. The van der Waals surface area contributed by atoms with Crippen LogP contribution in [0.3, 0.4) is 0 Å². The van der Waals surface area contributed by atoms with Gasteiger partial charge in [-0.1, -0.05) is 24.3 Å². The van der Waals surface area contributed by atoms with Gasteiger partial charge in [-0.25, -0.2) is 0 Å². The molecule has 1 heterocycles. The van der Waals surface area contributed by atoms with E-state index in [2.05, 4.69) is 10.6 Å². The molecule has 1 aliphatic rings. The molecular formula is C22H22N4O6S. The average molecular weight is 471 g/mol. The zero-order chi connectivity index (χ0) is 23.8. The Bertz CT molecular complexity index is 1090. The van der Waals surface area contributed by atoms with E-state index in [1.807, 2.05) is 0 Å². The van der Waals surface area contributed by atoms with Crippen LogP contribution in [0.5, 0.6) is 5.75 Å². The van der Waals surface area contributed by atoms with Crippen molar-refractivity contribution in [3.05, 3.63) is 69.1 Å². The van der Waals surface area contributed by atoms with Gasteiger partial charge in [0.05, 0.1) is 16.9 Å².